The molecule has 0 fully saturated rings. The molecule has 0 saturated carbocycles. The molecule has 0 aliphatic heterocycles. The maximum Gasteiger partial charge on any atom is 0.147 e. The van der Waals surface area contributed by atoms with E-state index in [4.69, 9.17) is 16.8 Å². The molecule has 202 valence electrons. The fourth-order valence-electron chi connectivity index (χ4n) is 6.77. The van der Waals surface area contributed by atoms with E-state index in [9.17, 15) is 0 Å². The number of benzene rings is 7. The second kappa shape index (κ2) is 9.34. The van der Waals surface area contributed by atoms with Crippen LogP contribution in [0.4, 0.5) is 0 Å². The van der Waals surface area contributed by atoms with Crippen molar-refractivity contribution in [2.75, 3.05) is 0 Å². The van der Waals surface area contributed by atoms with E-state index in [1.165, 1.54) is 48.3 Å². The van der Waals surface area contributed by atoms with Gasteiger partial charge in [0, 0.05) is 16.8 Å². The molecule has 0 amide bonds. The van der Waals surface area contributed by atoms with Crippen molar-refractivity contribution in [3.05, 3.63) is 152 Å². The van der Waals surface area contributed by atoms with E-state index in [0.29, 0.717) is 0 Å². The van der Waals surface area contributed by atoms with Crippen LogP contribution >= 0.6 is 6.04 Å². The summed E-state index contributed by atoms with van der Waals surface area (Å²) in [4.78, 5) is 5.42. The fraction of sp³-hybridized carbons (Fsp3) is 0. The standard InChI is InChI=1S/C39H25N2PS/c43-42(29-14-3-1-4-15-29,30-16-5-2-6-17-30)31-20-22-36-35(25-31)40-39-38-32-18-10-9-11-26(32)19-21-33(38)34-23-27-12-7-8-13-28(27)24-37(34)41(36)39/h1-25H. The molecule has 9 aromatic rings. The SMILES string of the molecule is S=P(c1ccccc1)(c1ccccc1)c1ccc2c(c1)nc1c3c4ccccc4ccc3c3cc4ccccc4cc3n21. The first-order chi connectivity index (χ1) is 21.2. The van der Waals surface area contributed by atoms with Gasteiger partial charge >= 0.3 is 0 Å². The Morgan fingerprint density at radius 1 is 0.465 bits per heavy atom. The Labute approximate surface area is 253 Å². The Morgan fingerprint density at radius 3 is 1.81 bits per heavy atom. The van der Waals surface area contributed by atoms with Crippen LogP contribution in [0.15, 0.2) is 152 Å². The molecule has 0 aliphatic carbocycles. The molecule has 9 rings (SSSR count). The van der Waals surface area contributed by atoms with Crippen LogP contribution in [-0.4, -0.2) is 9.38 Å². The lowest BCUT2D eigenvalue weighted by Gasteiger charge is -2.24. The highest BCUT2D eigenvalue weighted by Gasteiger charge is 2.26. The summed E-state index contributed by atoms with van der Waals surface area (Å²) in [6.45, 7) is 0. The minimum absolute atomic E-state index is 0.966. The summed E-state index contributed by atoms with van der Waals surface area (Å²) in [6, 6.07) is 52.1. The quantitative estimate of drug-likeness (QED) is 0.117. The number of pyridine rings is 1. The summed E-state index contributed by atoms with van der Waals surface area (Å²) in [5, 5.41) is 12.1. The van der Waals surface area contributed by atoms with Crippen molar-refractivity contribution < 1.29 is 0 Å². The van der Waals surface area contributed by atoms with Crippen molar-refractivity contribution in [3.63, 3.8) is 0 Å². The smallest absolute Gasteiger partial charge is 0.147 e. The zero-order valence-corrected chi connectivity index (χ0v) is 24.9. The highest BCUT2D eigenvalue weighted by molar-refractivity contribution is 8.25. The molecule has 0 aliphatic rings. The molecule has 2 heterocycles. The van der Waals surface area contributed by atoms with Gasteiger partial charge in [-0.15, -0.1) is 0 Å². The third kappa shape index (κ3) is 3.59. The molecule has 2 aromatic heterocycles. The predicted molar refractivity (Wildman–Crippen MR) is 189 cm³/mol. The third-order valence-corrected chi connectivity index (χ3v) is 13.7. The second-order valence-electron chi connectivity index (χ2n) is 11.1. The summed E-state index contributed by atoms with van der Waals surface area (Å²) >= 11 is 6.69. The van der Waals surface area contributed by atoms with Gasteiger partial charge in [0.1, 0.15) is 5.65 Å². The predicted octanol–water partition coefficient (Wildman–Crippen LogP) is 8.86. The Morgan fingerprint density at radius 2 is 1.09 bits per heavy atom. The number of aromatic nitrogens is 2. The van der Waals surface area contributed by atoms with Gasteiger partial charge < -0.3 is 0 Å². The number of hydrogen-bond donors (Lipinski definition) is 0. The van der Waals surface area contributed by atoms with Gasteiger partial charge in [-0.3, -0.25) is 4.40 Å². The minimum atomic E-state index is -2.31. The van der Waals surface area contributed by atoms with Crippen LogP contribution < -0.4 is 15.9 Å². The molecule has 0 atom stereocenters. The van der Waals surface area contributed by atoms with Gasteiger partial charge in [-0.1, -0.05) is 139 Å². The Kier molecular flexibility index (Phi) is 5.38. The van der Waals surface area contributed by atoms with E-state index in [1.54, 1.807) is 0 Å². The van der Waals surface area contributed by atoms with Crippen molar-refractivity contribution in [2.24, 2.45) is 0 Å². The molecular weight excluding hydrogens is 559 g/mol. The number of fused-ring (bicyclic) bond motifs is 11. The molecule has 2 nitrogen and oxygen atoms in total. The van der Waals surface area contributed by atoms with Crippen LogP contribution in [0.3, 0.4) is 0 Å². The molecule has 4 heteroatoms. The van der Waals surface area contributed by atoms with E-state index in [2.05, 4.69) is 156 Å². The van der Waals surface area contributed by atoms with E-state index in [1.807, 2.05) is 0 Å². The molecule has 0 radical (unpaired) electrons. The fourth-order valence-corrected chi connectivity index (χ4v) is 10.5. The summed E-state index contributed by atoms with van der Waals surface area (Å²) in [5.74, 6) is 0. The lowest BCUT2D eigenvalue weighted by atomic mass is 9.98. The molecule has 0 unspecified atom stereocenters. The van der Waals surface area contributed by atoms with Crippen molar-refractivity contribution in [1.82, 2.24) is 9.38 Å². The first-order valence-corrected chi connectivity index (χ1v) is 17.3. The summed E-state index contributed by atoms with van der Waals surface area (Å²) in [5.41, 5.74) is 4.21. The average Bonchev–Trinajstić information content (AvgIpc) is 3.47. The topological polar surface area (TPSA) is 17.3 Å². The molecule has 43 heavy (non-hydrogen) atoms. The van der Waals surface area contributed by atoms with Gasteiger partial charge in [0.05, 0.1) is 16.6 Å². The monoisotopic (exact) mass is 584 g/mol. The third-order valence-electron chi connectivity index (χ3n) is 8.79. The molecular formula is C39H25N2PS. The van der Waals surface area contributed by atoms with Crippen molar-refractivity contribution in [3.8, 4) is 0 Å². The minimum Gasteiger partial charge on any atom is -0.292 e. The maximum absolute atomic E-state index is 6.69. The normalized spacial score (nSPS) is 12.3. The van der Waals surface area contributed by atoms with Crippen molar-refractivity contribution in [2.45, 2.75) is 0 Å². The van der Waals surface area contributed by atoms with Gasteiger partial charge in [-0.25, -0.2) is 4.98 Å². The van der Waals surface area contributed by atoms with Crippen molar-refractivity contribution in [1.29, 1.82) is 0 Å². The summed E-state index contributed by atoms with van der Waals surface area (Å²) in [7, 11) is 0. The lowest BCUT2D eigenvalue weighted by Crippen LogP contribution is -2.24. The van der Waals surface area contributed by atoms with Gasteiger partial charge in [0.15, 0.2) is 0 Å². The Hall–Kier alpha value is -4.82. The number of imidazole rings is 1. The van der Waals surface area contributed by atoms with Crippen LogP contribution in [0.5, 0.6) is 0 Å². The zero-order chi connectivity index (χ0) is 28.5. The zero-order valence-electron chi connectivity index (χ0n) is 23.2. The van der Waals surface area contributed by atoms with Crippen LogP contribution in [0.25, 0.3) is 59.9 Å². The molecule has 0 N–H and O–H groups in total. The van der Waals surface area contributed by atoms with Crippen molar-refractivity contribution >= 4 is 93.7 Å². The van der Waals surface area contributed by atoms with Crippen LogP contribution in [0.2, 0.25) is 0 Å². The van der Waals surface area contributed by atoms with Gasteiger partial charge in [-0.2, -0.15) is 0 Å². The summed E-state index contributed by atoms with van der Waals surface area (Å²) in [6.07, 6.45) is 0. The molecule has 0 bridgehead atoms. The summed E-state index contributed by atoms with van der Waals surface area (Å²) < 4.78 is 2.37. The van der Waals surface area contributed by atoms with E-state index in [0.717, 1.165) is 27.5 Å². The van der Waals surface area contributed by atoms with E-state index >= 15 is 0 Å². The van der Waals surface area contributed by atoms with E-state index < -0.39 is 6.04 Å². The second-order valence-corrected chi connectivity index (χ2v) is 15.6. The van der Waals surface area contributed by atoms with Crippen LogP contribution in [-0.2, 0) is 11.8 Å². The molecule has 0 spiro atoms. The first kappa shape index (κ1) is 24.7. The van der Waals surface area contributed by atoms with Crippen LogP contribution in [0.1, 0.15) is 0 Å². The lowest BCUT2D eigenvalue weighted by molar-refractivity contribution is 1.32. The van der Waals surface area contributed by atoms with Crippen LogP contribution in [0, 0.1) is 0 Å². The Balaban J connectivity index is 1.44. The number of nitrogens with zero attached hydrogens (tertiary/aromatic N) is 2. The number of rotatable bonds is 3. The largest absolute Gasteiger partial charge is 0.292 e. The van der Waals surface area contributed by atoms with Gasteiger partial charge in [0.25, 0.3) is 0 Å². The first-order valence-electron chi connectivity index (χ1n) is 14.5. The number of hydrogen-bond acceptors (Lipinski definition) is 2. The molecule has 7 aromatic carbocycles. The van der Waals surface area contributed by atoms with Gasteiger partial charge in [0.2, 0.25) is 0 Å². The highest BCUT2D eigenvalue weighted by atomic mass is 32.4. The van der Waals surface area contributed by atoms with E-state index in [-0.39, 0.29) is 0 Å². The average molecular weight is 585 g/mol. The Bertz CT molecular complexity index is 2540. The maximum atomic E-state index is 6.69. The van der Waals surface area contributed by atoms with Gasteiger partial charge in [-0.05, 0) is 67.1 Å². The highest BCUT2D eigenvalue weighted by Crippen LogP contribution is 2.44. The molecule has 0 saturated heterocycles.